The Hall–Kier alpha value is -1.31. The number of nitrogens with zero attached hydrogens (tertiary/aromatic N) is 2. The highest BCUT2D eigenvalue weighted by molar-refractivity contribution is 7.99. The number of thioether (sulfide) groups is 1. The number of rotatable bonds is 7. The van der Waals surface area contributed by atoms with E-state index in [9.17, 15) is 8.42 Å². The zero-order chi connectivity index (χ0) is 16.2. The third-order valence-electron chi connectivity index (χ3n) is 3.12. The molecule has 0 aliphatic rings. The van der Waals surface area contributed by atoms with Crippen molar-refractivity contribution in [1.82, 2.24) is 14.3 Å². The molecular formula is C15H21N3O2S2. The van der Waals surface area contributed by atoms with Gasteiger partial charge in [0.2, 0.25) is 10.0 Å². The van der Waals surface area contributed by atoms with Crippen molar-refractivity contribution >= 4 is 21.8 Å². The molecule has 22 heavy (non-hydrogen) atoms. The van der Waals surface area contributed by atoms with Crippen molar-refractivity contribution in [2.75, 3.05) is 18.6 Å². The zero-order valence-corrected chi connectivity index (χ0v) is 14.6. The first-order chi connectivity index (χ1) is 10.4. The maximum atomic E-state index is 11.1. The molecule has 0 unspecified atom stereocenters. The first-order valence-electron chi connectivity index (χ1n) is 7.08. The van der Waals surface area contributed by atoms with Crippen LogP contribution in [0, 0.1) is 0 Å². The molecule has 1 heterocycles. The van der Waals surface area contributed by atoms with E-state index < -0.39 is 10.0 Å². The normalized spacial score (nSPS) is 12.0. The van der Waals surface area contributed by atoms with E-state index in [4.69, 9.17) is 0 Å². The van der Waals surface area contributed by atoms with Gasteiger partial charge < -0.3 is 0 Å². The van der Waals surface area contributed by atoms with E-state index in [1.54, 1.807) is 6.20 Å². The average molecular weight is 339 g/mol. The second-order valence-electron chi connectivity index (χ2n) is 5.31. The summed E-state index contributed by atoms with van der Waals surface area (Å²) in [5.41, 5.74) is 2.38. The maximum absolute atomic E-state index is 11.1. The summed E-state index contributed by atoms with van der Waals surface area (Å²) in [6, 6.07) is 8.26. The third kappa shape index (κ3) is 4.59. The minimum absolute atomic E-state index is 0.391. The lowest BCUT2D eigenvalue weighted by molar-refractivity contribution is 0.590. The van der Waals surface area contributed by atoms with Crippen LogP contribution in [-0.2, 0) is 10.0 Å². The summed E-state index contributed by atoms with van der Waals surface area (Å²) in [5.74, 6) is 1.05. The van der Waals surface area contributed by atoms with E-state index >= 15 is 0 Å². The minimum atomic E-state index is -3.14. The van der Waals surface area contributed by atoms with Gasteiger partial charge in [-0.15, -0.1) is 0 Å². The van der Waals surface area contributed by atoms with Gasteiger partial charge in [-0.2, -0.15) is 0 Å². The van der Waals surface area contributed by atoms with E-state index in [2.05, 4.69) is 40.3 Å². The Balaban J connectivity index is 2.13. The molecule has 0 aliphatic heterocycles. The van der Waals surface area contributed by atoms with Crippen LogP contribution in [0.25, 0.3) is 5.69 Å². The van der Waals surface area contributed by atoms with Crippen LogP contribution in [0.3, 0.4) is 0 Å². The van der Waals surface area contributed by atoms with Crippen molar-refractivity contribution in [3.05, 3.63) is 42.2 Å². The molecular weight excluding hydrogens is 318 g/mol. The number of imidazole rings is 1. The number of sulfonamides is 1. The van der Waals surface area contributed by atoms with E-state index in [1.165, 1.54) is 17.3 Å². The molecule has 0 aliphatic carbocycles. The highest BCUT2D eigenvalue weighted by atomic mass is 32.2. The van der Waals surface area contributed by atoms with Gasteiger partial charge in [0.05, 0.1) is 11.9 Å². The molecule has 1 aromatic carbocycles. The summed E-state index contributed by atoms with van der Waals surface area (Å²) < 4.78 is 26.7. The van der Waals surface area contributed by atoms with Gasteiger partial charge in [0.15, 0.2) is 5.16 Å². The molecule has 7 heteroatoms. The van der Waals surface area contributed by atoms with Gasteiger partial charge in [0, 0.05) is 24.7 Å². The summed E-state index contributed by atoms with van der Waals surface area (Å²) in [7, 11) is -3.14. The Bertz CT molecular complexity index is 724. The number of hydrogen-bond donors (Lipinski definition) is 1. The van der Waals surface area contributed by atoms with Crippen LogP contribution in [0.1, 0.15) is 25.3 Å². The SMILES string of the molecule is CC(C)c1ccccc1-n1ccnc1SCCNS(C)(=O)=O. The Morgan fingerprint density at radius 3 is 2.73 bits per heavy atom. The molecule has 0 saturated heterocycles. The maximum Gasteiger partial charge on any atom is 0.208 e. The van der Waals surface area contributed by atoms with Crippen molar-refractivity contribution in [2.24, 2.45) is 0 Å². The Morgan fingerprint density at radius 2 is 2.05 bits per heavy atom. The van der Waals surface area contributed by atoms with Gasteiger partial charge in [-0.25, -0.2) is 18.1 Å². The minimum Gasteiger partial charge on any atom is -0.295 e. The van der Waals surface area contributed by atoms with E-state index in [-0.39, 0.29) is 0 Å². The Labute approximate surface area is 136 Å². The average Bonchev–Trinajstić information content (AvgIpc) is 2.91. The number of para-hydroxylation sites is 1. The number of benzene rings is 1. The standard InChI is InChI=1S/C15H21N3O2S2/c1-12(2)13-6-4-5-7-14(13)18-10-8-16-15(18)21-11-9-17-22(3,19)20/h4-8,10,12,17H,9,11H2,1-3H3. The molecule has 0 amide bonds. The van der Waals surface area contributed by atoms with Crippen LogP contribution >= 0.6 is 11.8 Å². The van der Waals surface area contributed by atoms with Crippen LogP contribution in [0.2, 0.25) is 0 Å². The highest BCUT2D eigenvalue weighted by Gasteiger charge is 2.11. The topological polar surface area (TPSA) is 64.0 Å². The van der Waals surface area contributed by atoms with Crippen molar-refractivity contribution in [3.8, 4) is 5.69 Å². The zero-order valence-electron chi connectivity index (χ0n) is 13.0. The second kappa shape index (κ2) is 7.30. The lowest BCUT2D eigenvalue weighted by Gasteiger charge is -2.15. The lowest BCUT2D eigenvalue weighted by atomic mass is 10.0. The first kappa shape index (κ1) is 17.1. The molecule has 0 bridgehead atoms. The molecule has 1 N–H and O–H groups in total. The predicted molar refractivity (Wildman–Crippen MR) is 91.2 cm³/mol. The van der Waals surface area contributed by atoms with E-state index in [0.29, 0.717) is 18.2 Å². The number of aromatic nitrogens is 2. The fourth-order valence-corrected chi connectivity index (χ4v) is 3.57. The molecule has 0 saturated carbocycles. The van der Waals surface area contributed by atoms with Crippen LogP contribution in [0.4, 0.5) is 0 Å². The van der Waals surface area contributed by atoms with Crippen LogP contribution in [0.5, 0.6) is 0 Å². The molecule has 0 fully saturated rings. The van der Waals surface area contributed by atoms with Crippen molar-refractivity contribution in [1.29, 1.82) is 0 Å². The summed E-state index contributed by atoms with van der Waals surface area (Å²) in [6.07, 6.45) is 4.87. The molecule has 0 atom stereocenters. The van der Waals surface area contributed by atoms with E-state index in [0.717, 1.165) is 17.1 Å². The molecule has 2 rings (SSSR count). The monoisotopic (exact) mass is 339 g/mol. The van der Waals surface area contributed by atoms with Gasteiger partial charge >= 0.3 is 0 Å². The highest BCUT2D eigenvalue weighted by Crippen LogP contribution is 2.26. The smallest absolute Gasteiger partial charge is 0.208 e. The molecule has 120 valence electrons. The third-order valence-corrected chi connectivity index (χ3v) is 4.82. The number of nitrogens with one attached hydrogen (secondary N) is 1. The Kier molecular flexibility index (Phi) is 5.66. The molecule has 1 aromatic heterocycles. The van der Waals surface area contributed by atoms with Gasteiger partial charge in [-0.1, -0.05) is 43.8 Å². The molecule has 0 spiro atoms. The predicted octanol–water partition coefficient (Wildman–Crippen LogP) is 2.64. The van der Waals surface area contributed by atoms with Crippen molar-refractivity contribution < 1.29 is 8.42 Å². The summed E-state index contributed by atoms with van der Waals surface area (Å²) in [6.45, 7) is 4.72. The number of hydrogen-bond acceptors (Lipinski definition) is 4. The lowest BCUT2D eigenvalue weighted by Crippen LogP contribution is -2.24. The van der Waals surface area contributed by atoms with Gasteiger partial charge in [-0.05, 0) is 17.5 Å². The molecule has 5 nitrogen and oxygen atoms in total. The van der Waals surface area contributed by atoms with Crippen LogP contribution in [-0.4, -0.2) is 36.5 Å². The van der Waals surface area contributed by atoms with Crippen LogP contribution < -0.4 is 4.72 Å². The molecule has 2 aromatic rings. The fraction of sp³-hybridized carbons (Fsp3) is 0.400. The van der Waals surface area contributed by atoms with Crippen molar-refractivity contribution in [2.45, 2.75) is 24.9 Å². The first-order valence-corrected chi connectivity index (χ1v) is 9.96. The van der Waals surface area contributed by atoms with Gasteiger partial charge in [0.25, 0.3) is 0 Å². The summed E-state index contributed by atoms with van der Waals surface area (Å²) in [5, 5.41) is 0.864. The van der Waals surface area contributed by atoms with Crippen LogP contribution in [0.15, 0.2) is 41.8 Å². The largest absolute Gasteiger partial charge is 0.295 e. The quantitative estimate of drug-likeness (QED) is 0.622. The summed E-state index contributed by atoms with van der Waals surface area (Å²) >= 11 is 1.53. The van der Waals surface area contributed by atoms with Gasteiger partial charge in [-0.3, -0.25) is 4.57 Å². The molecule has 0 radical (unpaired) electrons. The fourth-order valence-electron chi connectivity index (χ4n) is 2.14. The van der Waals surface area contributed by atoms with Gasteiger partial charge in [0.1, 0.15) is 0 Å². The van der Waals surface area contributed by atoms with E-state index in [1.807, 2.05) is 18.3 Å². The van der Waals surface area contributed by atoms with Crippen molar-refractivity contribution in [3.63, 3.8) is 0 Å². The Morgan fingerprint density at radius 1 is 1.32 bits per heavy atom. The second-order valence-corrected chi connectivity index (χ2v) is 8.20. The summed E-state index contributed by atoms with van der Waals surface area (Å²) in [4.78, 5) is 4.38.